The zero-order valence-electron chi connectivity index (χ0n) is 18.5. The number of rotatable bonds is 8. The molecule has 0 unspecified atom stereocenters. The molecule has 11 heteroatoms. The second-order valence-corrected chi connectivity index (χ2v) is 10.8. The molecule has 0 atom stereocenters. The van der Waals surface area contributed by atoms with E-state index in [2.05, 4.69) is 16.8 Å². The van der Waals surface area contributed by atoms with E-state index in [1.807, 2.05) is 4.57 Å². The van der Waals surface area contributed by atoms with Gasteiger partial charge in [0.1, 0.15) is 0 Å². The molecule has 0 radical (unpaired) electrons. The molecule has 3 aromatic rings. The minimum absolute atomic E-state index is 0.0723. The average molecular weight is 488 g/mol. The quantitative estimate of drug-likeness (QED) is 0.355. The van der Waals surface area contributed by atoms with Crippen LogP contribution in [0.1, 0.15) is 12.0 Å². The van der Waals surface area contributed by atoms with Crippen LogP contribution in [0.3, 0.4) is 0 Å². The van der Waals surface area contributed by atoms with Crippen molar-refractivity contribution in [3.05, 3.63) is 54.8 Å². The highest BCUT2D eigenvalue weighted by atomic mass is 32.2. The summed E-state index contributed by atoms with van der Waals surface area (Å²) in [5.74, 6) is 1.27. The maximum Gasteiger partial charge on any atom is 0.242 e. The largest absolute Gasteiger partial charge is 0.461 e. The number of benzene rings is 1. The van der Waals surface area contributed by atoms with Crippen LogP contribution in [0.25, 0.3) is 11.6 Å². The summed E-state index contributed by atoms with van der Waals surface area (Å²) in [5.41, 5.74) is 1.62. The smallest absolute Gasteiger partial charge is 0.242 e. The van der Waals surface area contributed by atoms with E-state index in [0.717, 1.165) is 24.1 Å². The number of fused-ring (bicyclic) bond motifs is 1. The third kappa shape index (κ3) is 4.61. The summed E-state index contributed by atoms with van der Waals surface area (Å²) in [4.78, 5) is 15.1. The molecule has 2 aromatic heterocycles. The molecule has 9 nitrogen and oxygen atoms in total. The molecule has 0 aliphatic carbocycles. The summed E-state index contributed by atoms with van der Waals surface area (Å²) in [6, 6.07) is 8.54. The fourth-order valence-electron chi connectivity index (χ4n) is 3.69. The first-order valence-electron chi connectivity index (χ1n) is 10.4. The number of anilines is 1. The van der Waals surface area contributed by atoms with E-state index in [0.29, 0.717) is 29.8 Å². The van der Waals surface area contributed by atoms with Gasteiger partial charge in [0, 0.05) is 32.9 Å². The Bertz CT molecular complexity index is 1270. The lowest BCUT2D eigenvalue weighted by Crippen LogP contribution is -2.37. The molecule has 174 valence electrons. The molecule has 0 saturated carbocycles. The predicted molar refractivity (Wildman–Crippen MR) is 127 cm³/mol. The zero-order chi connectivity index (χ0) is 23.6. The van der Waals surface area contributed by atoms with Crippen LogP contribution in [0.5, 0.6) is 0 Å². The van der Waals surface area contributed by atoms with Crippen molar-refractivity contribution in [1.29, 1.82) is 0 Å². The lowest BCUT2D eigenvalue weighted by Gasteiger charge is -2.30. The Kier molecular flexibility index (Phi) is 6.73. The second-order valence-electron chi connectivity index (χ2n) is 7.70. The van der Waals surface area contributed by atoms with Gasteiger partial charge in [-0.3, -0.25) is 9.36 Å². The number of amides is 1. The lowest BCUT2D eigenvalue weighted by molar-refractivity contribution is -0.116. The first-order chi connectivity index (χ1) is 15.8. The number of hydrogen-bond acceptors (Lipinski definition) is 7. The van der Waals surface area contributed by atoms with Crippen LogP contribution in [0.15, 0.2) is 63.7 Å². The number of hydrogen-bond donors (Lipinski definition) is 0. The number of carbonyl (C=O) groups is 1. The van der Waals surface area contributed by atoms with Gasteiger partial charge < -0.3 is 9.32 Å². The van der Waals surface area contributed by atoms with Crippen molar-refractivity contribution in [2.75, 3.05) is 31.3 Å². The summed E-state index contributed by atoms with van der Waals surface area (Å²) < 4.78 is 33.4. The highest BCUT2D eigenvalue weighted by molar-refractivity contribution is 7.99. The number of sulfonamides is 1. The van der Waals surface area contributed by atoms with Crippen LogP contribution in [0.4, 0.5) is 5.69 Å². The minimum Gasteiger partial charge on any atom is -0.461 e. The molecular formula is C22H25N5O4S2. The topological polar surface area (TPSA) is 102 Å². The predicted octanol–water partition coefficient (Wildman–Crippen LogP) is 3.05. The highest BCUT2D eigenvalue weighted by Crippen LogP contribution is 2.31. The zero-order valence-corrected chi connectivity index (χ0v) is 20.1. The molecule has 0 saturated heterocycles. The van der Waals surface area contributed by atoms with Gasteiger partial charge in [0.2, 0.25) is 21.8 Å². The van der Waals surface area contributed by atoms with Gasteiger partial charge in [0.05, 0.1) is 16.9 Å². The van der Waals surface area contributed by atoms with E-state index < -0.39 is 10.0 Å². The molecule has 0 bridgehead atoms. The Balaban J connectivity index is 1.52. The van der Waals surface area contributed by atoms with Gasteiger partial charge in [-0.1, -0.05) is 17.8 Å². The van der Waals surface area contributed by atoms with Gasteiger partial charge in [0.25, 0.3) is 0 Å². The van der Waals surface area contributed by atoms with Gasteiger partial charge in [0.15, 0.2) is 10.9 Å². The van der Waals surface area contributed by atoms with Gasteiger partial charge in [-0.05, 0) is 48.7 Å². The molecule has 33 heavy (non-hydrogen) atoms. The van der Waals surface area contributed by atoms with Gasteiger partial charge in [-0.25, -0.2) is 12.7 Å². The highest BCUT2D eigenvalue weighted by Gasteiger charge is 2.26. The first kappa shape index (κ1) is 23.3. The summed E-state index contributed by atoms with van der Waals surface area (Å²) in [6.07, 6.45) is 4.80. The average Bonchev–Trinajstić information content (AvgIpc) is 3.47. The van der Waals surface area contributed by atoms with Crippen LogP contribution in [0.2, 0.25) is 0 Å². The monoisotopic (exact) mass is 487 g/mol. The summed E-state index contributed by atoms with van der Waals surface area (Å²) >= 11 is 1.30. The number of thioether (sulfide) groups is 1. The Labute approximate surface area is 197 Å². The Morgan fingerprint density at radius 3 is 2.82 bits per heavy atom. The van der Waals surface area contributed by atoms with E-state index in [-0.39, 0.29) is 16.6 Å². The number of nitrogens with zero attached hydrogens (tertiary/aromatic N) is 5. The van der Waals surface area contributed by atoms with Crippen LogP contribution >= 0.6 is 11.8 Å². The second kappa shape index (κ2) is 9.54. The first-order valence-corrected chi connectivity index (χ1v) is 12.8. The van der Waals surface area contributed by atoms with E-state index in [9.17, 15) is 13.2 Å². The fourth-order valence-corrected chi connectivity index (χ4v) is 5.46. The van der Waals surface area contributed by atoms with E-state index >= 15 is 0 Å². The number of allylic oxidation sites excluding steroid dienone is 1. The molecule has 3 heterocycles. The maximum atomic E-state index is 13.1. The van der Waals surface area contributed by atoms with Gasteiger partial charge >= 0.3 is 0 Å². The Morgan fingerprint density at radius 1 is 1.30 bits per heavy atom. The lowest BCUT2D eigenvalue weighted by atomic mass is 10.0. The van der Waals surface area contributed by atoms with Gasteiger partial charge in [-0.15, -0.1) is 16.8 Å². The Hall–Kier alpha value is -2.89. The van der Waals surface area contributed by atoms with Crippen LogP contribution in [0, 0.1) is 0 Å². The van der Waals surface area contributed by atoms with Crippen molar-refractivity contribution in [1.82, 2.24) is 19.1 Å². The van der Waals surface area contributed by atoms with Crippen molar-refractivity contribution in [2.24, 2.45) is 0 Å². The molecule has 0 N–H and O–H groups in total. The third-order valence-electron chi connectivity index (χ3n) is 5.34. The molecule has 4 rings (SSSR count). The standard InChI is InChI=1S/C22H25N5O4S2/c1-4-11-27-21(19-8-6-13-31-19)23-24-22(27)32-15-20(28)26-12-5-7-16-14-17(9-10-18(16)26)33(29,30)25(2)3/h4,6,8-10,13-14H,1,5,7,11-12,15H2,2-3H3. The molecule has 0 spiro atoms. The van der Waals surface area contributed by atoms with Crippen molar-refractivity contribution in [2.45, 2.75) is 29.4 Å². The molecule has 0 fully saturated rings. The number of aryl methyl sites for hydroxylation is 1. The fraction of sp³-hybridized carbons (Fsp3) is 0.318. The maximum absolute atomic E-state index is 13.1. The summed E-state index contributed by atoms with van der Waals surface area (Å²) in [7, 11) is -0.521. The molecular weight excluding hydrogens is 462 g/mol. The normalized spacial score (nSPS) is 13.8. The van der Waals surface area contributed by atoms with E-state index in [1.54, 1.807) is 47.6 Å². The van der Waals surface area contributed by atoms with Crippen molar-refractivity contribution < 1.29 is 17.6 Å². The number of furan rings is 1. The molecule has 1 aliphatic heterocycles. The van der Waals surface area contributed by atoms with Gasteiger partial charge in [-0.2, -0.15) is 0 Å². The molecule has 1 aromatic carbocycles. The van der Waals surface area contributed by atoms with Crippen LogP contribution in [-0.2, 0) is 27.8 Å². The number of aromatic nitrogens is 3. The summed E-state index contributed by atoms with van der Waals surface area (Å²) in [6.45, 7) is 4.86. The van der Waals surface area contributed by atoms with E-state index in [1.165, 1.54) is 30.2 Å². The minimum atomic E-state index is -3.53. The SMILES string of the molecule is C=CCn1c(SCC(=O)N2CCCc3cc(S(=O)(=O)N(C)C)ccc32)nnc1-c1ccco1. The van der Waals surface area contributed by atoms with E-state index in [4.69, 9.17) is 4.42 Å². The van der Waals surface area contributed by atoms with Crippen LogP contribution in [-0.4, -0.2) is 59.8 Å². The summed E-state index contributed by atoms with van der Waals surface area (Å²) in [5, 5.41) is 9.05. The third-order valence-corrected chi connectivity index (χ3v) is 8.11. The molecule has 1 amide bonds. The Morgan fingerprint density at radius 2 is 2.12 bits per heavy atom. The molecule has 1 aliphatic rings. The number of carbonyl (C=O) groups excluding carboxylic acids is 1. The van der Waals surface area contributed by atoms with Crippen molar-refractivity contribution in [3.8, 4) is 11.6 Å². The van der Waals surface area contributed by atoms with Crippen molar-refractivity contribution in [3.63, 3.8) is 0 Å². The van der Waals surface area contributed by atoms with Crippen molar-refractivity contribution >= 4 is 33.4 Å². The van der Waals surface area contributed by atoms with Crippen LogP contribution < -0.4 is 4.90 Å².